The summed E-state index contributed by atoms with van der Waals surface area (Å²) >= 11 is 0. The largest absolute Gasteiger partial charge is 0.454 e. The van der Waals surface area contributed by atoms with Crippen LogP contribution >= 0.6 is 0 Å². The standard InChI is InChI=1S/C70H125NO10/c1-4-7-10-13-16-19-22-24-26-27-28-29-30-31-32-33-34-35-36-38-39-42-45-48-51-54-57-63(74)69(78)71-61(62(73)56-53-50-47-44-41-21-18-15-12-9-6-3)60-79-70-68(67(77)66(76)64(59-72)80-70)81-65(75)58-55-52-49-46-43-40-37-25-23-20-17-14-11-8-5-2/h8,11,14,16-17,19-20,23-24,26,53,56,61-64,66-68,70,72-74,76-77H,4-7,9-10,12-13,15,18,21-22,25,27-52,54-55,57-60H2,1-3H3,(H,71,78)/b11-8+,17-14+,19-16-,23-20+,26-24-,56-53+. The van der Waals surface area contributed by atoms with Crippen molar-refractivity contribution in [3.8, 4) is 0 Å². The van der Waals surface area contributed by atoms with Crippen LogP contribution in [0.15, 0.2) is 72.9 Å². The molecule has 0 radical (unpaired) electrons. The number of unbranched alkanes of at least 4 members (excludes halogenated alkanes) is 35. The summed E-state index contributed by atoms with van der Waals surface area (Å²) in [7, 11) is 0. The van der Waals surface area contributed by atoms with Crippen molar-refractivity contribution in [2.75, 3.05) is 13.2 Å². The quantitative estimate of drug-likeness (QED) is 0.0149. The first kappa shape index (κ1) is 76.1. The molecule has 0 bridgehead atoms. The van der Waals surface area contributed by atoms with Gasteiger partial charge >= 0.3 is 5.97 Å². The molecule has 6 N–H and O–H groups in total. The second-order valence-electron chi connectivity index (χ2n) is 23.2. The number of ether oxygens (including phenoxy) is 3. The average molecular weight is 1140 g/mol. The zero-order chi connectivity index (χ0) is 58.9. The third-order valence-corrected chi connectivity index (χ3v) is 15.7. The van der Waals surface area contributed by atoms with Crippen molar-refractivity contribution >= 4 is 11.9 Å². The van der Waals surface area contributed by atoms with Crippen LogP contribution in [-0.2, 0) is 23.8 Å². The molecule has 470 valence electrons. The van der Waals surface area contributed by atoms with Crippen LogP contribution < -0.4 is 5.32 Å². The molecule has 0 aromatic carbocycles. The van der Waals surface area contributed by atoms with Gasteiger partial charge in [0, 0.05) is 6.42 Å². The highest BCUT2D eigenvalue weighted by Crippen LogP contribution is 2.26. The van der Waals surface area contributed by atoms with E-state index in [1.165, 1.54) is 154 Å². The molecule has 1 saturated heterocycles. The third-order valence-electron chi connectivity index (χ3n) is 15.7. The molecule has 0 aromatic heterocycles. The number of esters is 1. The van der Waals surface area contributed by atoms with Crippen LogP contribution in [0.2, 0.25) is 0 Å². The van der Waals surface area contributed by atoms with Gasteiger partial charge in [0.2, 0.25) is 5.91 Å². The molecule has 1 aliphatic rings. The van der Waals surface area contributed by atoms with E-state index in [0.29, 0.717) is 19.3 Å². The van der Waals surface area contributed by atoms with Gasteiger partial charge in [-0.05, 0) is 77.0 Å². The highest BCUT2D eigenvalue weighted by molar-refractivity contribution is 5.80. The topological polar surface area (TPSA) is 175 Å². The number of allylic oxidation sites excluding steroid dienone is 11. The first-order chi connectivity index (χ1) is 39.7. The molecule has 1 aliphatic heterocycles. The Labute approximate surface area is 496 Å². The molecule has 0 spiro atoms. The summed E-state index contributed by atoms with van der Waals surface area (Å²) in [6.07, 6.45) is 63.8. The zero-order valence-electron chi connectivity index (χ0n) is 52.1. The summed E-state index contributed by atoms with van der Waals surface area (Å²) in [4.78, 5) is 26.6. The van der Waals surface area contributed by atoms with Crippen molar-refractivity contribution in [1.29, 1.82) is 0 Å². The molecule has 11 heteroatoms. The minimum atomic E-state index is -1.62. The maximum Gasteiger partial charge on any atom is 0.306 e. The van der Waals surface area contributed by atoms with E-state index in [0.717, 1.165) is 96.3 Å². The molecule has 1 heterocycles. The predicted octanol–water partition coefficient (Wildman–Crippen LogP) is 16.7. The summed E-state index contributed by atoms with van der Waals surface area (Å²) in [5.74, 6) is -1.20. The minimum Gasteiger partial charge on any atom is -0.454 e. The molecular weight excluding hydrogens is 1010 g/mol. The Bertz CT molecular complexity index is 1590. The van der Waals surface area contributed by atoms with Gasteiger partial charge < -0.3 is 45.1 Å². The van der Waals surface area contributed by atoms with Crippen molar-refractivity contribution in [2.45, 2.75) is 346 Å². The molecular formula is C70H125NO10. The average Bonchev–Trinajstić information content (AvgIpc) is 3.50. The van der Waals surface area contributed by atoms with Gasteiger partial charge in [-0.3, -0.25) is 9.59 Å². The van der Waals surface area contributed by atoms with E-state index in [9.17, 15) is 35.1 Å². The van der Waals surface area contributed by atoms with Crippen LogP contribution in [0.4, 0.5) is 0 Å². The van der Waals surface area contributed by atoms with E-state index in [-0.39, 0.29) is 13.0 Å². The van der Waals surface area contributed by atoms with Gasteiger partial charge in [-0.25, -0.2) is 0 Å². The van der Waals surface area contributed by atoms with E-state index in [2.05, 4.69) is 80.8 Å². The molecule has 1 amide bonds. The Morgan fingerprint density at radius 2 is 0.938 bits per heavy atom. The minimum absolute atomic E-state index is 0.109. The lowest BCUT2D eigenvalue weighted by molar-refractivity contribution is -0.305. The number of hydrogen-bond donors (Lipinski definition) is 6. The van der Waals surface area contributed by atoms with Crippen LogP contribution in [0, 0.1) is 0 Å². The van der Waals surface area contributed by atoms with Gasteiger partial charge in [-0.15, -0.1) is 0 Å². The number of aliphatic hydroxyl groups is 5. The Kier molecular flexibility index (Phi) is 54.1. The second-order valence-corrected chi connectivity index (χ2v) is 23.2. The van der Waals surface area contributed by atoms with Crippen LogP contribution in [0.25, 0.3) is 0 Å². The number of nitrogens with one attached hydrogen (secondary N) is 1. The first-order valence-electron chi connectivity index (χ1n) is 33.7. The Morgan fingerprint density at radius 1 is 0.506 bits per heavy atom. The number of amides is 1. The predicted molar refractivity (Wildman–Crippen MR) is 338 cm³/mol. The van der Waals surface area contributed by atoms with Crippen molar-refractivity contribution in [3.05, 3.63) is 72.9 Å². The summed E-state index contributed by atoms with van der Waals surface area (Å²) in [5.41, 5.74) is 0. The number of carbonyl (C=O) groups is 2. The van der Waals surface area contributed by atoms with Gasteiger partial charge in [0.05, 0.1) is 25.4 Å². The van der Waals surface area contributed by atoms with Crippen LogP contribution in [0.3, 0.4) is 0 Å². The smallest absolute Gasteiger partial charge is 0.306 e. The fraction of sp³-hybridized carbons (Fsp3) is 0.800. The lowest BCUT2D eigenvalue weighted by Crippen LogP contribution is -2.61. The first-order valence-corrected chi connectivity index (χ1v) is 33.7. The highest BCUT2D eigenvalue weighted by atomic mass is 16.7. The van der Waals surface area contributed by atoms with E-state index in [4.69, 9.17) is 14.2 Å². The van der Waals surface area contributed by atoms with Crippen molar-refractivity contribution in [1.82, 2.24) is 5.32 Å². The Hall–Kier alpha value is -2.90. The molecule has 8 unspecified atom stereocenters. The fourth-order valence-corrected chi connectivity index (χ4v) is 10.3. The number of hydrogen-bond acceptors (Lipinski definition) is 10. The summed E-state index contributed by atoms with van der Waals surface area (Å²) < 4.78 is 17.6. The van der Waals surface area contributed by atoms with E-state index in [1.54, 1.807) is 6.08 Å². The maximum atomic E-state index is 13.5. The zero-order valence-corrected chi connectivity index (χ0v) is 52.1. The summed E-state index contributed by atoms with van der Waals surface area (Å²) in [5, 5.41) is 57.1. The maximum absolute atomic E-state index is 13.5. The van der Waals surface area contributed by atoms with Gasteiger partial charge in [0.15, 0.2) is 12.4 Å². The number of rotatable bonds is 57. The summed E-state index contributed by atoms with van der Waals surface area (Å²) in [6.45, 7) is 5.64. The van der Waals surface area contributed by atoms with Gasteiger partial charge in [0.1, 0.15) is 24.4 Å². The molecule has 0 saturated carbocycles. The van der Waals surface area contributed by atoms with Crippen LogP contribution in [-0.4, -0.2) is 99.6 Å². The van der Waals surface area contributed by atoms with E-state index in [1.807, 2.05) is 12.2 Å². The molecule has 0 aromatic rings. The Balaban J connectivity index is 2.55. The van der Waals surface area contributed by atoms with Crippen LogP contribution in [0.1, 0.15) is 297 Å². The molecule has 0 aliphatic carbocycles. The highest BCUT2D eigenvalue weighted by Gasteiger charge is 2.47. The Morgan fingerprint density at radius 3 is 1.44 bits per heavy atom. The SMILES string of the molecule is CC/C=C/C=C/C=C/CCCCCCCCCC(=O)OC1C(OCC(NC(=O)C(O)CCCCCCCCCCCCCCCCCC/C=C\C/C=C\CCCCC)C(O)/C=C/CCCCCCCCCCC)OC(CO)C(O)C1O. The number of carbonyl (C=O) groups excluding carboxylic acids is 2. The molecule has 11 nitrogen and oxygen atoms in total. The lowest BCUT2D eigenvalue weighted by Gasteiger charge is -2.41. The van der Waals surface area contributed by atoms with Crippen molar-refractivity contribution < 1.29 is 49.3 Å². The number of aliphatic hydroxyl groups excluding tert-OH is 5. The van der Waals surface area contributed by atoms with E-state index < -0.39 is 67.4 Å². The van der Waals surface area contributed by atoms with Gasteiger partial charge in [0.25, 0.3) is 0 Å². The molecule has 8 atom stereocenters. The molecule has 1 rings (SSSR count). The normalized spacial score (nSPS) is 19.1. The van der Waals surface area contributed by atoms with Crippen molar-refractivity contribution in [2.24, 2.45) is 0 Å². The molecule has 1 fully saturated rings. The fourth-order valence-electron chi connectivity index (χ4n) is 10.3. The van der Waals surface area contributed by atoms with Crippen LogP contribution in [0.5, 0.6) is 0 Å². The third kappa shape index (κ3) is 45.2. The van der Waals surface area contributed by atoms with E-state index >= 15 is 0 Å². The second kappa shape index (κ2) is 57.5. The van der Waals surface area contributed by atoms with Gasteiger partial charge in [-0.2, -0.15) is 0 Å². The monoisotopic (exact) mass is 1140 g/mol. The lowest BCUT2D eigenvalue weighted by atomic mass is 9.99. The molecule has 81 heavy (non-hydrogen) atoms. The summed E-state index contributed by atoms with van der Waals surface area (Å²) in [6, 6.07) is -1.03. The van der Waals surface area contributed by atoms with Crippen molar-refractivity contribution in [3.63, 3.8) is 0 Å². The van der Waals surface area contributed by atoms with Gasteiger partial charge in [-0.1, -0.05) is 286 Å².